The van der Waals surface area contributed by atoms with Gasteiger partial charge in [-0.15, -0.1) is 24.0 Å². The molecule has 2 aromatic rings. The maximum Gasteiger partial charge on any atom is 0.191 e. The Hall–Kier alpha value is -1.96. The van der Waals surface area contributed by atoms with Gasteiger partial charge in [-0.2, -0.15) is 0 Å². The van der Waals surface area contributed by atoms with E-state index in [1.807, 2.05) is 24.3 Å². The van der Waals surface area contributed by atoms with Crippen LogP contribution in [-0.2, 0) is 13.0 Å². The van der Waals surface area contributed by atoms with Crippen molar-refractivity contribution in [3.63, 3.8) is 0 Å². The molecule has 0 amide bonds. The zero-order valence-electron chi connectivity index (χ0n) is 16.5. The van der Waals surface area contributed by atoms with E-state index in [2.05, 4.69) is 46.8 Å². The SMILES string of the molecule is CN=C(NCc1ccc(OC)cc1OC)NC(C)CCc1ccccc1.I. The third-order valence-corrected chi connectivity index (χ3v) is 4.26. The molecule has 2 N–H and O–H groups in total. The Bertz CT molecular complexity index is 708. The molecule has 0 saturated heterocycles. The van der Waals surface area contributed by atoms with Gasteiger partial charge in [0.05, 0.1) is 14.2 Å². The molecule has 0 aliphatic rings. The Morgan fingerprint density at radius 2 is 1.81 bits per heavy atom. The van der Waals surface area contributed by atoms with Crippen molar-refractivity contribution in [2.45, 2.75) is 32.4 Å². The predicted molar refractivity (Wildman–Crippen MR) is 123 cm³/mol. The zero-order chi connectivity index (χ0) is 18.8. The van der Waals surface area contributed by atoms with Crippen molar-refractivity contribution in [3.05, 3.63) is 59.7 Å². The summed E-state index contributed by atoms with van der Waals surface area (Å²) in [6.45, 7) is 2.79. The van der Waals surface area contributed by atoms with Crippen LogP contribution >= 0.6 is 24.0 Å². The quantitative estimate of drug-likeness (QED) is 0.339. The Kier molecular flexibility index (Phi) is 10.6. The summed E-state index contributed by atoms with van der Waals surface area (Å²) in [5.74, 6) is 2.36. The lowest BCUT2D eigenvalue weighted by atomic mass is 10.1. The van der Waals surface area contributed by atoms with Crippen molar-refractivity contribution in [2.75, 3.05) is 21.3 Å². The van der Waals surface area contributed by atoms with Crippen molar-refractivity contribution in [1.29, 1.82) is 0 Å². The van der Waals surface area contributed by atoms with Crippen LogP contribution in [0.25, 0.3) is 0 Å². The molecule has 5 nitrogen and oxygen atoms in total. The first-order valence-corrected chi connectivity index (χ1v) is 8.88. The molecule has 148 valence electrons. The molecule has 0 spiro atoms. The molecule has 6 heteroatoms. The molecular formula is C21H30IN3O2. The highest BCUT2D eigenvalue weighted by Gasteiger charge is 2.08. The van der Waals surface area contributed by atoms with Gasteiger partial charge >= 0.3 is 0 Å². The van der Waals surface area contributed by atoms with Crippen molar-refractivity contribution in [1.82, 2.24) is 10.6 Å². The second-order valence-electron chi connectivity index (χ2n) is 6.17. The fraction of sp³-hybridized carbons (Fsp3) is 0.381. The number of halogens is 1. The molecule has 0 heterocycles. The molecule has 27 heavy (non-hydrogen) atoms. The van der Waals surface area contributed by atoms with Crippen molar-refractivity contribution in [3.8, 4) is 11.5 Å². The number of hydrogen-bond acceptors (Lipinski definition) is 3. The highest BCUT2D eigenvalue weighted by atomic mass is 127. The Morgan fingerprint density at radius 3 is 2.44 bits per heavy atom. The van der Waals surface area contributed by atoms with Gasteiger partial charge in [0.2, 0.25) is 0 Å². The summed E-state index contributed by atoms with van der Waals surface area (Å²) in [7, 11) is 5.09. The third-order valence-electron chi connectivity index (χ3n) is 4.26. The number of rotatable bonds is 8. The number of nitrogens with one attached hydrogen (secondary N) is 2. The smallest absolute Gasteiger partial charge is 0.191 e. The minimum atomic E-state index is 0. The van der Waals surface area contributed by atoms with Crippen LogP contribution in [0, 0.1) is 0 Å². The number of guanidine groups is 1. The van der Waals surface area contributed by atoms with Crippen LogP contribution in [0.2, 0.25) is 0 Å². The lowest BCUT2D eigenvalue weighted by Gasteiger charge is -2.19. The van der Waals surface area contributed by atoms with Crippen molar-refractivity contribution in [2.24, 2.45) is 4.99 Å². The van der Waals surface area contributed by atoms with Crippen LogP contribution in [0.4, 0.5) is 0 Å². The normalized spacial score (nSPS) is 11.9. The Morgan fingerprint density at radius 1 is 1.07 bits per heavy atom. The molecule has 0 saturated carbocycles. The molecular weight excluding hydrogens is 453 g/mol. The second-order valence-corrected chi connectivity index (χ2v) is 6.17. The maximum absolute atomic E-state index is 5.44. The van der Waals surface area contributed by atoms with Crippen LogP contribution in [0.3, 0.4) is 0 Å². The van der Waals surface area contributed by atoms with Crippen LogP contribution in [0.1, 0.15) is 24.5 Å². The fourth-order valence-electron chi connectivity index (χ4n) is 2.70. The molecule has 0 fully saturated rings. The fourth-order valence-corrected chi connectivity index (χ4v) is 2.70. The van der Waals surface area contributed by atoms with E-state index in [1.165, 1.54) is 5.56 Å². The lowest BCUT2D eigenvalue weighted by Crippen LogP contribution is -2.42. The summed E-state index contributed by atoms with van der Waals surface area (Å²) in [4.78, 5) is 4.32. The van der Waals surface area contributed by atoms with E-state index in [4.69, 9.17) is 9.47 Å². The van der Waals surface area contributed by atoms with E-state index in [0.717, 1.165) is 35.9 Å². The minimum Gasteiger partial charge on any atom is -0.497 e. The minimum absolute atomic E-state index is 0. The molecule has 0 radical (unpaired) electrons. The first-order chi connectivity index (χ1) is 12.7. The van der Waals surface area contributed by atoms with E-state index in [0.29, 0.717) is 12.6 Å². The summed E-state index contributed by atoms with van der Waals surface area (Å²) >= 11 is 0. The monoisotopic (exact) mass is 483 g/mol. The van der Waals surface area contributed by atoms with Crippen LogP contribution < -0.4 is 20.1 Å². The topological polar surface area (TPSA) is 54.9 Å². The van der Waals surface area contributed by atoms with Crippen LogP contribution in [0.15, 0.2) is 53.5 Å². The molecule has 0 aromatic heterocycles. The maximum atomic E-state index is 5.44. The largest absolute Gasteiger partial charge is 0.497 e. The number of hydrogen-bond donors (Lipinski definition) is 2. The van der Waals surface area contributed by atoms with Gasteiger partial charge in [-0.1, -0.05) is 30.3 Å². The number of nitrogens with zero attached hydrogens (tertiary/aromatic N) is 1. The van der Waals surface area contributed by atoms with E-state index in [-0.39, 0.29) is 24.0 Å². The average Bonchev–Trinajstić information content (AvgIpc) is 2.70. The Labute approximate surface area is 179 Å². The standard InChI is InChI=1S/C21H29N3O2.HI/c1-16(10-11-17-8-6-5-7-9-17)24-21(22-2)23-15-18-12-13-19(25-3)14-20(18)26-4;/h5-9,12-14,16H,10-11,15H2,1-4H3,(H2,22,23,24);1H. The first-order valence-electron chi connectivity index (χ1n) is 8.88. The van der Waals surface area contributed by atoms with Gasteiger partial charge < -0.3 is 20.1 Å². The van der Waals surface area contributed by atoms with Gasteiger partial charge in [-0.3, -0.25) is 4.99 Å². The number of aryl methyl sites for hydroxylation is 1. The summed E-state index contributed by atoms with van der Waals surface area (Å²) in [6, 6.07) is 16.7. The third kappa shape index (κ3) is 7.66. The number of aliphatic imine (C=N–C) groups is 1. The molecule has 2 aromatic carbocycles. The summed E-state index contributed by atoms with van der Waals surface area (Å²) in [6.07, 6.45) is 2.08. The molecule has 0 aliphatic heterocycles. The van der Waals surface area contributed by atoms with Crippen molar-refractivity contribution >= 4 is 29.9 Å². The Balaban J connectivity index is 0.00000364. The van der Waals surface area contributed by atoms with Gasteiger partial charge in [0.1, 0.15) is 11.5 Å². The van der Waals surface area contributed by atoms with Crippen LogP contribution in [-0.4, -0.2) is 33.3 Å². The number of ether oxygens (including phenoxy) is 2. The molecule has 0 bridgehead atoms. The summed E-state index contributed by atoms with van der Waals surface area (Å²) < 4.78 is 10.7. The van der Waals surface area contributed by atoms with Gasteiger partial charge in [0.15, 0.2) is 5.96 Å². The van der Waals surface area contributed by atoms with Gasteiger partial charge in [0.25, 0.3) is 0 Å². The van der Waals surface area contributed by atoms with E-state index >= 15 is 0 Å². The number of methoxy groups -OCH3 is 2. The first kappa shape index (κ1) is 23.1. The second kappa shape index (κ2) is 12.4. The lowest BCUT2D eigenvalue weighted by molar-refractivity contribution is 0.390. The molecule has 0 aliphatic carbocycles. The van der Waals surface area contributed by atoms with Crippen molar-refractivity contribution < 1.29 is 9.47 Å². The van der Waals surface area contributed by atoms with Gasteiger partial charge in [-0.05, 0) is 37.5 Å². The number of benzene rings is 2. The molecule has 1 atom stereocenters. The van der Waals surface area contributed by atoms with E-state index in [9.17, 15) is 0 Å². The summed E-state index contributed by atoms with van der Waals surface area (Å²) in [5, 5.41) is 6.79. The zero-order valence-corrected chi connectivity index (χ0v) is 18.8. The average molecular weight is 483 g/mol. The van der Waals surface area contributed by atoms with Gasteiger partial charge in [-0.25, -0.2) is 0 Å². The van der Waals surface area contributed by atoms with Gasteiger partial charge in [0, 0.05) is 31.3 Å². The van der Waals surface area contributed by atoms with E-state index in [1.54, 1.807) is 21.3 Å². The highest BCUT2D eigenvalue weighted by Crippen LogP contribution is 2.24. The molecule has 1 unspecified atom stereocenters. The van der Waals surface area contributed by atoms with Crippen LogP contribution in [0.5, 0.6) is 11.5 Å². The van der Waals surface area contributed by atoms with E-state index < -0.39 is 0 Å². The molecule has 2 rings (SSSR count). The highest BCUT2D eigenvalue weighted by molar-refractivity contribution is 14.0. The summed E-state index contributed by atoms with van der Waals surface area (Å²) in [5.41, 5.74) is 2.40. The predicted octanol–water partition coefficient (Wildman–Crippen LogP) is 4.01.